The van der Waals surface area contributed by atoms with E-state index < -0.39 is 0 Å². The molecule has 1 saturated carbocycles. The van der Waals surface area contributed by atoms with Crippen LogP contribution in [0.4, 0.5) is 0 Å². The molecule has 1 aromatic carbocycles. The topological polar surface area (TPSA) is 21.3 Å². The van der Waals surface area contributed by atoms with E-state index in [0.29, 0.717) is 10.6 Å². The van der Waals surface area contributed by atoms with Crippen molar-refractivity contribution in [2.75, 3.05) is 6.54 Å². The largest absolute Gasteiger partial charge is 0.432 e. The Bertz CT molecular complexity index is 526. The summed E-state index contributed by atoms with van der Waals surface area (Å²) >= 11 is 5.38. The van der Waals surface area contributed by atoms with Crippen LogP contribution in [0.1, 0.15) is 52.5 Å². The van der Waals surface area contributed by atoms with Crippen molar-refractivity contribution >= 4 is 17.4 Å². The van der Waals surface area contributed by atoms with Crippen LogP contribution in [0.5, 0.6) is 5.75 Å². The molecule has 0 aromatic heterocycles. The summed E-state index contributed by atoms with van der Waals surface area (Å²) < 4.78 is 5.83. The molecule has 1 fully saturated rings. The normalized spacial score (nSPS) is 23.8. The summed E-state index contributed by atoms with van der Waals surface area (Å²) in [6.45, 7) is 10.0. The van der Waals surface area contributed by atoms with Crippen LogP contribution in [-0.2, 0) is 6.42 Å². The fraction of sp³-hybridized carbons (Fsp3) is 0.579. The van der Waals surface area contributed by atoms with Gasteiger partial charge in [0.1, 0.15) is 5.75 Å². The highest BCUT2D eigenvalue weighted by atomic mass is 32.1. The number of thiocarbonyl (C=S) groups is 1. The van der Waals surface area contributed by atoms with Gasteiger partial charge < -0.3 is 10.1 Å². The molecule has 1 unspecified atom stereocenters. The molecule has 0 amide bonds. The quantitative estimate of drug-likeness (QED) is 0.796. The zero-order chi connectivity index (χ0) is 16.2. The van der Waals surface area contributed by atoms with Gasteiger partial charge in [0.15, 0.2) is 0 Å². The molecule has 121 valence electrons. The SMILES string of the molecule is CCc1ccccc1OC(=S)NCC1(C)C[CH]CC(C)(C)C1. The Morgan fingerprint density at radius 3 is 2.64 bits per heavy atom. The first kappa shape index (κ1) is 17.3. The lowest BCUT2D eigenvalue weighted by Crippen LogP contribution is -2.42. The molecule has 0 heterocycles. The van der Waals surface area contributed by atoms with Crippen LogP contribution in [0.3, 0.4) is 0 Å². The van der Waals surface area contributed by atoms with Gasteiger partial charge in [0, 0.05) is 6.54 Å². The van der Waals surface area contributed by atoms with Gasteiger partial charge in [0.2, 0.25) is 0 Å². The molecule has 1 aromatic rings. The van der Waals surface area contributed by atoms with Gasteiger partial charge in [-0.3, -0.25) is 0 Å². The molecule has 2 rings (SSSR count). The first-order valence-corrected chi connectivity index (χ1v) is 8.60. The summed E-state index contributed by atoms with van der Waals surface area (Å²) in [5, 5.41) is 3.80. The van der Waals surface area contributed by atoms with Crippen molar-refractivity contribution in [3.8, 4) is 5.75 Å². The third kappa shape index (κ3) is 4.70. The fourth-order valence-electron chi connectivity index (χ4n) is 3.56. The molecule has 1 aliphatic rings. The molecule has 0 aliphatic heterocycles. The number of hydrogen-bond acceptors (Lipinski definition) is 2. The molecule has 1 radical (unpaired) electrons. The van der Waals surface area contributed by atoms with Crippen molar-refractivity contribution in [1.82, 2.24) is 5.32 Å². The Balaban J connectivity index is 1.90. The lowest BCUT2D eigenvalue weighted by atomic mass is 9.64. The Morgan fingerprint density at radius 1 is 1.23 bits per heavy atom. The van der Waals surface area contributed by atoms with Gasteiger partial charge in [-0.1, -0.05) is 45.9 Å². The number of nitrogens with one attached hydrogen (secondary N) is 1. The van der Waals surface area contributed by atoms with Crippen LogP contribution in [-0.4, -0.2) is 11.7 Å². The van der Waals surface area contributed by atoms with E-state index in [-0.39, 0.29) is 5.41 Å². The summed E-state index contributed by atoms with van der Waals surface area (Å²) in [5.74, 6) is 0.864. The second-order valence-corrected chi connectivity index (χ2v) is 7.92. The highest BCUT2D eigenvalue weighted by Crippen LogP contribution is 2.45. The van der Waals surface area contributed by atoms with Crippen molar-refractivity contribution in [3.05, 3.63) is 36.2 Å². The molecule has 2 nitrogen and oxygen atoms in total. The number of hydrogen-bond donors (Lipinski definition) is 1. The maximum atomic E-state index is 5.83. The smallest absolute Gasteiger partial charge is 0.262 e. The highest BCUT2D eigenvalue weighted by molar-refractivity contribution is 7.80. The van der Waals surface area contributed by atoms with Gasteiger partial charge in [-0.15, -0.1) is 0 Å². The zero-order valence-corrected chi connectivity index (χ0v) is 15.1. The summed E-state index contributed by atoms with van der Waals surface area (Å²) in [5.41, 5.74) is 1.82. The van der Waals surface area contributed by atoms with Crippen LogP contribution in [0.15, 0.2) is 24.3 Å². The van der Waals surface area contributed by atoms with Crippen LogP contribution in [0.25, 0.3) is 0 Å². The van der Waals surface area contributed by atoms with E-state index in [1.54, 1.807) is 0 Å². The molecule has 3 heteroatoms. The zero-order valence-electron chi connectivity index (χ0n) is 14.2. The number of aryl methyl sites for hydroxylation is 1. The van der Waals surface area contributed by atoms with E-state index in [2.05, 4.69) is 45.5 Å². The molecule has 0 saturated heterocycles. The molecule has 1 N–H and O–H groups in total. The Hall–Kier alpha value is -1.09. The monoisotopic (exact) mass is 318 g/mol. The minimum atomic E-state index is 0.249. The predicted octanol–water partition coefficient (Wildman–Crippen LogP) is 4.92. The minimum absolute atomic E-state index is 0.249. The van der Waals surface area contributed by atoms with Gasteiger partial charge in [-0.25, -0.2) is 0 Å². The van der Waals surface area contributed by atoms with Gasteiger partial charge in [-0.05, 0) is 66.8 Å². The number of rotatable bonds is 4. The summed E-state index contributed by atoms with van der Waals surface area (Å²) in [7, 11) is 0. The van der Waals surface area contributed by atoms with Crippen molar-refractivity contribution in [1.29, 1.82) is 0 Å². The standard InChI is InChI=1S/C19H28NOS/c1-5-15-9-6-7-10-16(15)21-17(22)20-14-19(4)12-8-11-18(2,3)13-19/h6-10H,5,11-14H2,1-4H3,(H,20,22). The average molecular weight is 319 g/mol. The van der Waals surface area contributed by atoms with E-state index in [4.69, 9.17) is 17.0 Å². The Morgan fingerprint density at radius 2 is 1.95 bits per heavy atom. The van der Waals surface area contributed by atoms with Crippen molar-refractivity contribution < 1.29 is 4.74 Å². The van der Waals surface area contributed by atoms with Crippen LogP contribution < -0.4 is 10.1 Å². The third-order valence-electron chi connectivity index (χ3n) is 4.46. The van der Waals surface area contributed by atoms with E-state index in [1.807, 2.05) is 18.2 Å². The van der Waals surface area contributed by atoms with Gasteiger partial charge in [-0.2, -0.15) is 0 Å². The van der Waals surface area contributed by atoms with Gasteiger partial charge in [0.05, 0.1) is 0 Å². The van der Waals surface area contributed by atoms with Gasteiger partial charge in [0.25, 0.3) is 5.17 Å². The maximum Gasteiger partial charge on any atom is 0.262 e. The average Bonchev–Trinajstić information content (AvgIpc) is 2.44. The van der Waals surface area contributed by atoms with Crippen LogP contribution >= 0.6 is 12.2 Å². The third-order valence-corrected chi connectivity index (χ3v) is 4.68. The van der Waals surface area contributed by atoms with E-state index >= 15 is 0 Å². The van der Waals surface area contributed by atoms with E-state index in [0.717, 1.165) is 25.1 Å². The highest BCUT2D eigenvalue weighted by Gasteiger charge is 2.36. The molecular weight excluding hydrogens is 290 g/mol. The molecule has 22 heavy (non-hydrogen) atoms. The van der Waals surface area contributed by atoms with Crippen LogP contribution in [0.2, 0.25) is 0 Å². The lowest BCUT2D eigenvalue weighted by molar-refractivity contribution is 0.134. The van der Waals surface area contributed by atoms with Crippen LogP contribution in [0, 0.1) is 17.3 Å². The molecule has 1 aliphatic carbocycles. The fourth-order valence-corrected chi connectivity index (χ4v) is 3.72. The first-order valence-electron chi connectivity index (χ1n) is 8.19. The molecular formula is C19H28NOS. The maximum absolute atomic E-state index is 5.83. The number of ether oxygens (including phenoxy) is 1. The van der Waals surface area contributed by atoms with Gasteiger partial charge >= 0.3 is 0 Å². The second kappa shape index (κ2) is 6.99. The van der Waals surface area contributed by atoms with E-state index in [1.165, 1.54) is 18.4 Å². The molecule has 0 spiro atoms. The minimum Gasteiger partial charge on any atom is -0.432 e. The first-order chi connectivity index (χ1) is 10.3. The number of benzene rings is 1. The van der Waals surface area contributed by atoms with Crippen molar-refractivity contribution in [2.45, 2.75) is 53.4 Å². The second-order valence-electron chi connectivity index (χ2n) is 7.55. The Kier molecular flexibility index (Phi) is 5.49. The Labute approximate surface area is 140 Å². The summed E-state index contributed by atoms with van der Waals surface area (Å²) in [6.07, 6.45) is 6.91. The van der Waals surface area contributed by atoms with Crippen molar-refractivity contribution in [2.24, 2.45) is 10.8 Å². The molecule has 0 bridgehead atoms. The van der Waals surface area contributed by atoms with Crippen molar-refractivity contribution in [3.63, 3.8) is 0 Å². The predicted molar refractivity (Wildman–Crippen MR) is 97.1 cm³/mol. The lowest BCUT2D eigenvalue weighted by Gasteiger charge is -2.42. The summed E-state index contributed by atoms with van der Waals surface area (Å²) in [6, 6.07) is 8.07. The van der Waals surface area contributed by atoms with E-state index in [9.17, 15) is 0 Å². The number of para-hydroxylation sites is 1. The summed E-state index contributed by atoms with van der Waals surface area (Å²) in [4.78, 5) is 0. The molecule has 1 atom stereocenters.